The third-order valence-corrected chi connectivity index (χ3v) is 1.84. The summed E-state index contributed by atoms with van der Waals surface area (Å²) in [4.78, 5) is 0. The van der Waals surface area contributed by atoms with Gasteiger partial charge in [0.1, 0.15) is 0 Å². The van der Waals surface area contributed by atoms with E-state index in [9.17, 15) is 0 Å². The zero-order chi connectivity index (χ0) is 9.14. The summed E-state index contributed by atoms with van der Waals surface area (Å²) < 4.78 is 2.00. The van der Waals surface area contributed by atoms with Crippen molar-refractivity contribution in [1.82, 2.24) is 9.78 Å². The van der Waals surface area contributed by atoms with E-state index < -0.39 is 0 Å². The van der Waals surface area contributed by atoms with E-state index in [1.54, 1.807) is 0 Å². The predicted molar refractivity (Wildman–Crippen MR) is 49.9 cm³/mol. The number of nitrogens with two attached hydrogens (primary N) is 1. The normalized spacial score (nSPS) is 13.3. The molecule has 1 heterocycles. The molecule has 0 amide bonds. The Morgan fingerprint density at radius 1 is 1.67 bits per heavy atom. The first-order valence-corrected chi connectivity index (χ1v) is 4.45. The van der Waals surface area contributed by atoms with Crippen LogP contribution in [-0.2, 0) is 6.54 Å². The monoisotopic (exact) mass is 167 g/mol. The Bertz CT molecular complexity index is 250. The van der Waals surface area contributed by atoms with Gasteiger partial charge >= 0.3 is 0 Å². The van der Waals surface area contributed by atoms with E-state index in [1.165, 1.54) is 0 Å². The lowest BCUT2D eigenvalue weighted by atomic mass is 10.2. The highest BCUT2D eigenvalue weighted by atomic mass is 15.3. The van der Waals surface area contributed by atoms with Gasteiger partial charge in [-0.2, -0.15) is 5.10 Å². The maximum absolute atomic E-state index is 5.80. The second-order valence-electron chi connectivity index (χ2n) is 3.22. The van der Waals surface area contributed by atoms with Crippen molar-refractivity contribution in [3.8, 4) is 0 Å². The third-order valence-electron chi connectivity index (χ3n) is 1.84. The van der Waals surface area contributed by atoms with Gasteiger partial charge in [-0.15, -0.1) is 0 Å². The zero-order valence-electron chi connectivity index (χ0n) is 8.04. The molecule has 3 nitrogen and oxygen atoms in total. The van der Waals surface area contributed by atoms with Gasteiger partial charge in [-0.1, -0.05) is 6.92 Å². The van der Waals surface area contributed by atoms with Gasteiger partial charge in [0, 0.05) is 12.6 Å². The molecule has 12 heavy (non-hydrogen) atoms. The van der Waals surface area contributed by atoms with Crippen LogP contribution in [0.1, 0.15) is 37.7 Å². The lowest BCUT2D eigenvalue weighted by Crippen LogP contribution is -2.13. The van der Waals surface area contributed by atoms with Gasteiger partial charge in [0.05, 0.1) is 11.4 Å². The van der Waals surface area contributed by atoms with Crippen molar-refractivity contribution in [2.24, 2.45) is 5.73 Å². The molecule has 2 N–H and O–H groups in total. The zero-order valence-corrected chi connectivity index (χ0v) is 8.04. The molecular weight excluding hydrogens is 150 g/mol. The first kappa shape index (κ1) is 9.26. The molecular formula is C9H17N3. The fraction of sp³-hybridized carbons (Fsp3) is 0.667. The van der Waals surface area contributed by atoms with Crippen LogP contribution in [0.2, 0.25) is 0 Å². The van der Waals surface area contributed by atoms with Crippen LogP contribution in [-0.4, -0.2) is 9.78 Å². The van der Waals surface area contributed by atoms with Crippen LogP contribution in [0.5, 0.6) is 0 Å². The molecule has 68 valence electrons. The Morgan fingerprint density at radius 3 is 2.83 bits per heavy atom. The molecule has 1 rings (SSSR count). The molecule has 0 saturated heterocycles. The maximum Gasteiger partial charge on any atom is 0.0597 e. The molecule has 0 bridgehead atoms. The van der Waals surface area contributed by atoms with Gasteiger partial charge in [0.25, 0.3) is 0 Å². The Kier molecular flexibility index (Phi) is 2.87. The first-order chi connectivity index (χ1) is 5.65. The molecule has 0 unspecified atom stereocenters. The van der Waals surface area contributed by atoms with Gasteiger partial charge in [-0.05, 0) is 26.3 Å². The molecule has 3 heteroatoms. The van der Waals surface area contributed by atoms with E-state index >= 15 is 0 Å². The lowest BCUT2D eigenvalue weighted by molar-refractivity contribution is 0.549. The molecule has 0 aliphatic heterocycles. The maximum atomic E-state index is 5.80. The summed E-state index contributed by atoms with van der Waals surface area (Å²) in [6.45, 7) is 7.09. The van der Waals surface area contributed by atoms with Crippen LogP contribution in [0.25, 0.3) is 0 Å². The number of hydrogen-bond acceptors (Lipinski definition) is 2. The summed E-state index contributed by atoms with van der Waals surface area (Å²) in [5.74, 6) is 0. The SMILES string of the molecule is CCCn1nc(C)cc1[C@@H](C)N. The van der Waals surface area contributed by atoms with Crippen molar-refractivity contribution in [1.29, 1.82) is 0 Å². The average Bonchev–Trinajstić information content (AvgIpc) is 2.32. The van der Waals surface area contributed by atoms with Crippen molar-refractivity contribution < 1.29 is 0 Å². The second-order valence-corrected chi connectivity index (χ2v) is 3.22. The minimum absolute atomic E-state index is 0.0812. The summed E-state index contributed by atoms with van der Waals surface area (Å²) in [7, 11) is 0. The van der Waals surface area contributed by atoms with Crippen LogP contribution in [0.4, 0.5) is 0 Å². The fourth-order valence-electron chi connectivity index (χ4n) is 1.32. The number of rotatable bonds is 3. The lowest BCUT2D eigenvalue weighted by Gasteiger charge is -2.07. The van der Waals surface area contributed by atoms with Gasteiger partial charge in [-0.3, -0.25) is 4.68 Å². The highest BCUT2D eigenvalue weighted by Gasteiger charge is 2.07. The Morgan fingerprint density at radius 2 is 2.33 bits per heavy atom. The fourth-order valence-corrected chi connectivity index (χ4v) is 1.32. The summed E-state index contributed by atoms with van der Waals surface area (Å²) in [5, 5.41) is 4.36. The highest BCUT2D eigenvalue weighted by Crippen LogP contribution is 2.11. The molecule has 0 saturated carbocycles. The molecule has 0 aliphatic carbocycles. The number of nitrogens with zero attached hydrogens (tertiary/aromatic N) is 2. The van der Waals surface area contributed by atoms with E-state index in [-0.39, 0.29) is 6.04 Å². The van der Waals surface area contributed by atoms with E-state index in [0.717, 1.165) is 24.4 Å². The molecule has 1 atom stereocenters. The van der Waals surface area contributed by atoms with Crippen molar-refractivity contribution in [2.75, 3.05) is 0 Å². The summed E-state index contributed by atoms with van der Waals surface area (Å²) in [5.41, 5.74) is 7.98. The second kappa shape index (κ2) is 3.72. The standard InChI is InChI=1S/C9H17N3/c1-4-5-12-9(8(3)10)6-7(2)11-12/h6,8H,4-5,10H2,1-3H3/t8-/m1/s1. The van der Waals surface area contributed by atoms with Crippen LogP contribution in [0.15, 0.2) is 6.07 Å². The quantitative estimate of drug-likeness (QED) is 0.743. The molecule has 0 spiro atoms. The first-order valence-electron chi connectivity index (χ1n) is 4.45. The minimum atomic E-state index is 0.0812. The average molecular weight is 167 g/mol. The van der Waals surface area contributed by atoms with Crippen molar-refractivity contribution in [3.63, 3.8) is 0 Å². The van der Waals surface area contributed by atoms with Gasteiger partial charge in [-0.25, -0.2) is 0 Å². The summed E-state index contributed by atoms with van der Waals surface area (Å²) in [6.07, 6.45) is 1.10. The van der Waals surface area contributed by atoms with Crippen LogP contribution >= 0.6 is 0 Å². The summed E-state index contributed by atoms with van der Waals surface area (Å²) >= 11 is 0. The van der Waals surface area contributed by atoms with Crippen molar-refractivity contribution in [2.45, 2.75) is 39.8 Å². The minimum Gasteiger partial charge on any atom is -0.323 e. The largest absolute Gasteiger partial charge is 0.323 e. The van der Waals surface area contributed by atoms with E-state index in [1.807, 2.05) is 18.5 Å². The number of hydrogen-bond donors (Lipinski definition) is 1. The number of aryl methyl sites for hydroxylation is 2. The number of aromatic nitrogens is 2. The van der Waals surface area contributed by atoms with Crippen molar-refractivity contribution in [3.05, 3.63) is 17.5 Å². The summed E-state index contributed by atoms with van der Waals surface area (Å²) in [6, 6.07) is 2.14. The Labute approximate surface area is 73.6 Å². The topological polar surface area (TPSA) is 43.8 Å². The highest BCUT2D eigenvalue weighted by molar-refractivity contribution is 5.11. The van der Waals surface area contributed by atoms with E-state index in [4.69, 9.17) is 5.73 Å². The Hall–Kier alpha value is -0.830. The molecule has 1 aromatic heterocycles. The molecule has 0 radical (unpaired) electrons. The molecule has 0 aromatic carbocycles. The van der Waals surface area contributed by atoms with Gasteiger partial charge in [0.2, 0.25) is 0 Å². The predicted octanol–water partition coefficient (Wildman–Crippen LogP) is 1.62. The van der Waals surface area contributed by atoms with Crippen LogP contribution < -0.4 is 5.73 Å². The van der Waals surface area contributed by atoms with Crippen LogP contribution in [0.3, 0.4) is 0 Å². The van der Waals surface area contributed by atoms with Gasteiger partial charge < -0.3 is 5.73 Å². The third kappa shape index (κ3) is 1.85. The van der Waals surface area contributed by atoms with E-state index in [0.29, 0.717) is 0 Å². The van der Waals surface area contributed by atoms with Crippen molar-refractivity contribution >= 4 is 0 Å². The van der Waals surface area contributed by atoms with Crippen LogP contribution in [0, 0.1) is 6.92 Å². The molecule has 0 fully saturated rings. The van der Waals surface area contributed by atoms with E-state index in [2.05, 4.69) is 18.1 Å². The molecule has 0 aliphatic rings. The molecule has 1 aromatic rings. The smallest absolute Gasteiger partial charge is 0.0597 e. The Balaban J connectivity index is 2.92. The van der Waals surface area contributed by atoms with Gasteiger partial charge in [0.15, 0.2) is 0 Å².